The summed E-state index contributed by atoms with van der Waals surface area (Å²) >= 11 is 1.72. The van der Waals surface area contributed by atoms with Crippen molar-refractivity contribution in [3.63, 3.8) is 0 Å². The van der Waals surface area contributed by atoms with Crippen LogP contribution in [0.5, 0.6) is 0 Å². The number of nitrogens with one attached hydrogen (secondary N) is 2. The summed E-state index contributed by atoms with van der Waals surface area (Å²) in [5.74, 6) is 0. The van der Waals surface area contributed by atoms with Gasteiger partial charge in [-0.3, -0.25) is 4.79 Å². The number of aromatic amines is 1. The molecule has 0 radical (unpaired) electrons. The number of benzene rings is 1. The maximum Gasteiger partial charge on any atom is 0.252 e. The van der Waals surface area contributed by atoms with Gasteiger partial charge in [-0.05, 0) is 48.4 Å². The number of fused-ring (bicyclic) bond motifs is 1. The maximum absolute atomic E-state index is 12.2. The zero-order valence-electron chi connectivity index (χ0n) is 12.2. The van der Waals surface area contributed by atoms with Crippen LogP contribution in [0.3, 0.4) is 0 Å². The molecule has 4 heteroatoms. The van der Waals surface area contributed by atoms with Gasteiger partial charge >= 0.3 is 0 Å². The minimum absolute atomic E-state index is 0.00636. The molecule has 0 saturated carbocycles. The number of hydrogen-bond acceptors (Lipinski definition) is 3. The minimum atomic E-state index is -0.00636. The maximum atomic E-state index is 12.2. The fourth-order valence-corrected chi connectivity index (χ4v) is 3.27. The molecule has 0 atom stereocenters. The monoisotopic (exact) mass is 298 g/mol. The lowest BCUT2D eigenvalue weighted by atomic mass is 10.1. The Bertz CT molecular complexity index is 819. The zero-order chi connectivity index (χ0) is 14.8. The van der Waals surface area contributed by atoms with Crippen molar-refractivity contribution in [2.45, 2.75) is 26.9 Å². The van der Waals surface area contributed by atoms with Crippen LogP contribution in [0.2, 0.25) is 0 Å². The Morgan fingerprint density at radius 2 is 2.05 bits per heavy atom. The third-order valence-corrected chi connectivity index (χ3v) is 4.44. The molecule has 1 aromatic carbocycles. The van der Waals surface area contributed by atoms with Gasteiger partial charge in [0.25, 0.3) is 5.56 Å². The Hall–Kier alpha value is -1.91. The summed E-state index contributed by atoms with van der Waals surface area (Å²) in [5, 5.41) is 6.49. The second-order valence-electron chi connectivity index (χ2n) is 5.35. The Morgan fingerprint density at radius 1 is 1.19 bits per heavy atom. The standard InChI is InChI=1S/C17H18N2OS/c1-11-6-12(2)16-13(7-11)8-14(17(20)19-16)9-18-10-15-4-3-5-21-15/h3-8,18H,9-10H2,1-2H3,(H,19,20). The van der Waals surface area contributed by atoms with Crippen LogP contribution in [-0.4, -0.2) is 4.98 Å². The Labute approximate surface area is 127 Å². The van der Waals surface area contributed by atoms with E-state index in [-0.39, 0.29) is 5.56 Å². The van der Waals surface area contributed by atoms with Crippen LogP contribution in [0.25, 0.3) is 10.9 Å². The summed E-state index contributed by atoms with van der Waals surface area (Å²) in [6.07, 6.45) is 0. The summed E-state index contributed by atoms with van der Waals surface area (Å²) in [6.45, 7) is 5.48. The van der Waals surface area contributed by atoms with Gasteiger partial charge in [0.05, 0.1) is 5.52 Å². The van der Waals surface area contributed by atoms with E-state index in [0.29, 0.717) is 6.54 Å². The summed E-state index contributed by atoms with van der Waals surface area (Å²) in [6, 6.07) is 10.3. The van der Waals surface area contributed by atoms with E-state index in [4.69, 9.17) is 0 Å². The van der Waals surface area contributed by atoms with Gasteiger partial charge in [0, 0.05) is 23.5 Å². The normalized spacial score (nSPS) is 11.1. The largest absolute Gasteiger partial charge is 0.321 e. The molecule has 0 aliphatic carbocycles. The van der Waals surface area contributed by atoms with Crippen LogP contribution in [0, 0.1) is 13.8 Å². The zero-order valence-corrected chi connectivity index (χ0v) is 13.0. The lowest BCUT2D eigenvalue weighted by Crippen LogP contribution is -2.20. The highest BCUT2D eigenvalue weighted by Crippen LogP contribution is 2.18. The number of aryl methyl sites for hydroxylation is 2. The molecule has 2 aromatic heterocycles. The summed E-state index contributed by atoms with van der Waals surface area (Å²) in [7, 11) is 0. The number of aromatic nitrogens is 1. The SMILES string of the molecule is Cc1cc(C)c2[nH]c(=O)c(CNCc3cccs3)cc2c1. The Balaban J connectivity index is 1.85. The van der Waals surface area contributed by atoms with Crippen molar-refractivity contribution < 1.29 is 0 Å². The fourth-order valence-electron chi connectivity index (χ4n) is 2.60. The number of H-pyrrole nitrogens is 1. The molecule has 0 spiro atoms. The first-order valence-electron chi connectivity index (χ1n) is 7.00. The van der Waals surface area contributed by atoms with Gasteiger partial charge in [0.1, 0.15) is 0 Å². The molecule has 2 N–H and O–H groups in total. The van der Waals surface area contributed by atoms with Crippen molar-refractivity contribution in [1.29, 1.82) is 0 Å². The van der Waals surface area contributed by atoms with Gasteiger partial charge in [-0.25, -0.2) is 0 Å². The Kier molecular flexibility index (Phi) is 3.90. The highest BCUT2D eigenvalue weighted by molar-refractivity contribution is 7.09. The van der Waals surface area contributed by atoms with Crippen LogP contribution >= 0.6 is 11.3 Å². The van der Waals surface area contributed by atoms with Crippen molar-refractivity contribution >= 4 is 22.2 Å². The van der Waals surface area contributed by atoms with Crippen molar-refractivity contribution in [2.75, 3.05) is 0 Å². The number of rotatable bonds is 4. The summed E-state index contributed by atoms with van der Waals surface area (Å²) in [5.41, 5.74) is 4.04. The Morgan fingerprint density at radius 3 is 2.81 bits per heavy atom. The van der Waals surface area contributed by atoms with E-state index >= 15 is 0 Å². The molecule has 3 aromatic rings. The van der Waals surface area contributed by atoms with Crippen LogP contribution < -0.4 is 10.9 Å². The molecule has 2 heterocycles. The molecule has 0 aliphatic rings. The van der Waals surface area contributed by atoms with E-state index in [0.717, 1.165) is 28.6 Å². The van der Waals surface area contributed by atoms with Crippen LogP contribution in [-0.2, 0) is 13.1 Å². The second-order valence-corrected chi connectivity index (χ2v) is 6.38. The number of pyridine rings is 1. The molecule has 0 fully saturated rings. The first-order chi connectivity index (χ1) is 10.1. The van der Waals surface area contributed by atoms with Crippen molar-refractivity contribution in [3.8, 4) is 0 Å². The van der Waals surface area contributed by atoms with Crippen molar-refractivity contribution in [3.05, 3.63) is 67.6 Å². The summed E-state index contributed by atoms with van der Waals surface area (Å²) in [4.78, 5) is 16.5. The van der Waals surface area contributed by atoms with E-state index in [2.05, 4.69) is 40.8 Å². The van der Waals surface area contributed by atoms with Crippen LogP contribution in [0.1, 0.15) is 21.6 Å². The molecular formula is C17H18N2OS. The minimum Gasteiger partial charge on any atom is -0.321 e. The van der Waals surface area contributed by atoms with Gasteiger partial charge in [-0.2, -0.15) is 0 Å². The average Bonchev–Trinajstić information content (AvgIpc) is 2.93. The first-order valence-corrected chi connectivity index (χ1v) is 7.88. The van der Waals surface area contributed by atoms with Gasteiger partial charge < -0.3 is 10.3 Å². The molecular weight excluding hydrogens is 280 g/mol. The smallest absolute Gasteiger partial charge is 0.252 e. The molecule has 108 valence electrons. The third kappa shape index (κ3) is 3.06. The van der Waals surface area contributed by atoms with E-state index < -0.39 is 0 Å². The fraction of sp³-hybridized carbons (Fsp3) is 0.235. The second kappa shape index (κ2) is 5.84. The van der Waals surface area contributed by atoms with E-state index in [9.17, 15) is 4.79 Å². The number of hydrogen-bond donors (Lipinski definition) is 2. The van der Waals surface area contributed by atoms with Gasteiger partial charge in [0.15, 0.2) is 0 Å². The van der Waals surface area contributed by atoms with E-state index in [1.165, 1.54) is 10.4 Å². The lowest BCUT2D eigenvalue weighted by Gasteiger charge is -2.08. The average molecular weight is 298 g/mol. The molecule has 0 saturated heterocycles. The van der Waals surface area contributed by atoms with Crippen LogP contribution in [0.4, 0.5) is 0 Å². The quantitative estimate of drug-likeness (QED) is 0.774. The summed E-state index contributed by atoms with van der Waals surface area (Å²) < 4.78 is 0. The molecule has 21 heavy (non-hydrogen) atoms. The van der Waals surface area contributed by atoms with E-state index in [1.807, 2.05) is 19.1 Å². The van der Waals surface area contributed by atoms with Gasteiger partial charge in [-0.15, -0.1) is 11.3 Å². The van der Waals surface area contributed by atoms with Crippen molar-refractivity contribution in [1.82, 2.24) is 10.3 Å². The van der Waals surface area contributed by atoms with Gasteiger partial charge in [0.2, 0.25) is 0 Å². The molecule has 0 amide bonds. The van der Waals surface area contributed by atoms with Crippen LogP contribution in [0.15, 0.2) is 40.5 Å². The molecule has 0 bridgehead atoms. The molecule has 3 rings (SSSR count). The topological polar surface area (TPSA) is 44.9 Å². The lowest BCUT2D eigenvalue weighted by molar-refractivity contribution is 0.696. The first kappa shape index (κ1) is 14.0. The van der Waals surface area contributed by atoms with E-state index in [1.54, 1.807) is 11.3 Å². The predicted octanol–water partition coefficient (Wildman–Crippen LogP) is 3.50. The van der Waals surface area contributed by atoms with Crippen molar-refractivity contribution in [2.24, 2.45) is 0 Å². The highest BCUT2D eigenvalue weighted by atomic mass is 32.1. The molecule has 3 nitrogen and oxygen atoms in total. The number of thiophene rings is 1. The molecule has 0 aliphatic heterocycles. The van der Waals surface area contributed by atoms with Gasteiger partial charge in [-0.1, -0.05) is 17.7 Å². The predicted molar refractivity (Wildman–Crippen MR) is 88.9 cm³/mol. The molecule has 0 unspecified atom stereocenters. The highest BCUT2D eigenvalue weighted by Gasteiger charge is 2.05. The third-order valence-electron chi connectivity index (χ3n) is 3.57.